The Kier molecular flexibility index (Phi) is 3.58. The third-order valence-corrected chi connectivity index (χ3v) is 2.41. The third-order valence-electron chi connectivity index (χ3n) is 2.41. The number of rotatable bonds is 2. The standard InChI is InChI=1S/C14H5F3N2O/c15-11-5-10(2-1-9(11)7-19)20-14-12(16)3-8(6-18)4-13(14)17/h1-5H. The first-order chi connectivity index (χ1) is 9.55. The maximum absolute atomic E-state index is 13.6. The van der Waals surface area contributed by atoms with Gasteiger partial charge in [-0.2, -0.15) is 10.5 Å². The maximum Gasteiger partial charge on any atom is 0.198 e. The molecule has 98 valence electrons. The van der Waals surface area contributed by atoms with Crippen LogP contribution in [0.2, 0.25) is 0 Å². The number of nitrogens with zero attached hydrogens (tertiary/aromatic N) is 2. The lowest BCUT2D eigenvalue weighted by Gasteiger charge is -2.08. The molecule has 0 N–H and O–H groups in total. The average Bonchev–Trinajstić information content (AvgIpc) is 2.42. The molecule has 0 saturated heterocycles. The van der Waals surface area contributed by atoms with E-state index in [1.807, 2.05) is 0 Å². The summed E-state index contributed by atoms with van der Waals surface area (Å²) in [4.78, 5) is 0. The van der Waals surface area contributed by atoms with Crippen LogP contribution in [0.1, 0.15) is 11.1 Å². The lowest BCUT2D eigenvalue weighted by Crippen LogP contribution is -1.95. The van der Waals surface area contributed by atoms with Crippen molar-refractivity contribution in [3.05, 3.63) is 58.9 Å². The van der Waals surface area contributed by atoms with Gasteiger partial charge in [0.1, 0.15) is 17.6 Å². The molecule has 0 unspecified atom stereocenters. The van der Waals surface area contributed by atoms with Crippen LogP contribution in [0.5, 0.6) is 11.5 Å². The second-order valence-corrected chi connectivity index (χ2v) is 3.74. The van der Waals surface area contributed by atoms with Gasteiger partial charge in [0.15, 0.2) is 17.4 Å². The number of benzene rings is 2. The van der Waals surface area contributed by atoms with Crippen LogP contribution in [0.3, 0.4) is 0 Å². The summed E-state index contributed by atoms with van der Waals surface area (Å²) in [7, 11) is 0. The zero-order valence-corrected chi connectivity index (χ0v) is 9.82. The van der Waals surface area contributed by atoms with Gasteiger partial charge in [0, 0.05) is 6.07 Å². The number of ether oxygens (including phenoxy) is 1. The molecule has 2 aromatic carbocycles. The van der Waals surface area contributed by atoms with Crippen LogP contribution >= 0.6 is 0 Å². The van der Waals surface area contributed by atoms with Crippen molar-refractivity contribution in [1.82, 2.24) is 0 Å². The molecule has 0 fully saturated rings. The van der Waals surface area contributed by atoms with Gasteiger partial charge in [-0.3, -0.25) is 0 Å². The Bertz CT molecular complexity index is 737. The fourth-order valence-corrected chi connectivity index (χ4v) is 1.49. The van der Waals surface area contributed by atoms with Crippen molar-refractivity contribution in [2.45, 2.75) is 0 Å². The zero-order valence-electron chi connectivity index (χ0n) is 9.82. The topological polar surface area (TPSA) is 56.8 Å². The monoisotopic (exact) mass is 274 g/mol. The Balaban J connectivity index is 2.39. The molecule has 0 spiro atoms. The Morgan fingerprint density at radius 1 is 0.850 bits per heavy atom. The third kappa shape index (κ3) is 2.55. The van der Waals surface area contributed by atoms with Gasteiger partial charge in [-0.15, -0.1) is 0 Å². The van der Waals surface area contributed by atoms with Gasteiger partial charge in [0.05, 0.1) is 17.2 Å². The highest BCUT2D eigenvalue weighted by atomic mass is 19.1. The Hall–Kier alpha value is -2.99. The fourth-order valence-electron chi connectivity index (χ4n) is 1.49. The second kappa shape index (κ2) is 5.33. The van der Waals surface area contributed by atoms with Crippen LogP contribution in [0.4, 0.5) is 13.2 Å². The number of nitriles is 2. The summed E-state index contributed by atoms with van der Waals surface area (Å²) in [6.45, 7) is 0. The van der Waals surface area contributed by atoms with E-state index in [1.165, 1.54) is 6.07 Å². The summed E-state index contributed by atoms with van der Waals surface area (Å²) in [6, 6.07) is 7.99. The van der Waals surface area contributed by atoms with Crippen LogP contribution < -0.4 is 4.74 Å². The van der Waals surface area contributed by atoms with Gasteiger partial charge >= 0.3 is 0 Å². The van der Waals surface area contributed by atoms with Crippen molar-refractivity contribution in [3.8, 4) is 23.6 Å². The van der Waals surface area contributed by atoms with E-state index in [2.05, 4.69) is 0 Å². The van der Waals surface area contributed by atoms with Crippen molar-refractivity contribution >= 4 is 0 Å². The minimum atomic E-state index is -1.08. The van der Waals surface area contributed by atoms with Gasteiger partial charge in [-0.25, -0.2) is 13.2 Å². The smallest absolute Gasteiger partial charge is 0.198 e. The van der Waals surface area contributed by atoms with Gasteiger partial charge < -0.3 is 4.74 Å². The van der Waals surface area contributed by atoms with Gasteiger partial charge in [0.25, 0.3) is 0 Å². The molecule has 20 heavy (non-hydrogen) atoms. The first-order valence-corrected chi connectivity index (χ1v) is 5.32. The molecule has 0 radical (unpaired) electrons. The van der Waals surface area contributed by atoms with Crippen LogP contribution in [0.15, 0.2) is 30.3 Å². The first-order valence-electron chi connectivity index (χ1n) is 5.32. The lowest BCUT2D eigenvalue weighted by atomic mass is 10.2. The van der Waals surface area contributed by atoms with E-state index in [0.29, 0.717) is 0 Å². The van der Waals surface area contributed by atoms with Crippen LogP contribution in [-0.4, -0.2) is 0 Å². The summed E-state index contributed by atoms with van der Waals surface area (Å²) in [5.74, 6) is -3.92. The molecule has 2 aromatic rings. The number of halogens is 3. The number of hydrogen-bond donors (Lipinski definition) is 0. The molecule has 0 heterocycles. The first kappa shape index (κ1) is 13.4. The van der Waals surface area contributed by atoms with E-state index in [0.717, 1.165) is 24.3 Å². The van der Waals surface area contributed by atoms with Crippen LogP contribution in [0.25, 0.3) is 0 Å². The van der Waals surface area contributed by atoms with Gasteiger partial charge in [0.2, 0.25) is 0 Å². The second-order valence-electron chi connectivity index (χ2n) is 3.74. The number of hydrogen-bond acceptors (Lipinski definition) is 3. The predicted octanol–water partition coefficient (Wildman–Crippen LogP) is 3.64. The SMILES string of the molecule is N#Cc1cc(F)c(Oc2ccc(C#N)c(F)c2)c(F)c1. The largest absolute Gasteiger partial charge is 0.451 e. The molecule has 0 atom stereocenters. The highest BCUT2D eigenvalue weighted by molar-refractivity contribution is 5.42. The fraction of sp³-hybridized carbons (Fsp3) is 0. The van der Waals surface area contributed by atoms with E-state index in [9.17, 15) is 13.2 Å². The molecule has 0 amide bonds. The summed E-state index contributed by atoms with van der Waals surface area (Å²) in [5, 5.41) is 17.1. The molecule has 0 bridgehead atoms. The van der Waals surface area contributed by atoms with Gasteiger partial charge in [-0.05, 0) is 24.3 Å². The molecular weight excluding hydrogens is 269 g/mol. The maximum atomic E-state index is 13.6. The molecule has 0 saturated carbocycles. The molecule has 0 aliphatic heterocycles. The van der Waals surface area contributed by atoms with E-state index in [-0.39, 0.29) is 16.9 Å². The molecule has 3 nitrogen and oxygen atoms in total. The average molecular weight is 274 g/mol. The summed E-state index contributed by atoms with van der Waals surface area (Å²) in [6.07, 6.45) is 0. The Morgan fingerprint density at radius 2 is 1.50 bits per heavy atom. The Labute approximate surface area is 112 Å². The summed E-state index contributed by atoms with van der Waals surface area (Å²) in [5.41, 5.74) is -0.406. The highest BCUT2D eigenvalue weighted by Gasteiger charge is 2.14. The molecule has 0 aliphatic carbocycles. The molecule has 0 aliphatic rings. The van der Waals surface area contributed by atoms with Gasteiger partial charge in [-0.1, -0.05) is 0 Å². The Morgan fingerprint density at radius 3 is 2.00 bits per heavy atom. The molecular formula is C14H5F3N2O. The van der Waals surface area contributed by atoms with Crippen molar-refractivity contribution in [3.63, 3.8) is 0 Å². The van der Waals surface area contributed by atoms with E-state index >= 15 is 0 Å². The quantitative estimate of drug-likeness (QED) is 0.840. The van der Waals surface area contributed by atoms with Crippen LogP contribution in [-0.2, 0) is 0 Å². The minimum Gasteiger partial charge on any atom is -0.451 e. The van der Waals surface area contributed by atoms with Crippen molar-refractivity contribution in [1.29, 1.82) is 10.5 Å². The van der Waals surface area contributed by atoms with E-state index in [4.69, 9.17) is 15.3 Å². The van der Waals surface area contributed by atoms with Crippen molar-refractivity contribution in [2.75, 3.05) is 0 Å². The molecule has 2 rings (SSSR count). The molecule has 0 aromatic heterocycles. The van der Waals surface area contributed by atoms with Crippen molar-refractivity contribution < 1.29 is 17.9 Å². The highest BCUT2D eigenvalue weighted by Crippen LogP contribution is 2.29. The predicted molar refractivity (Wildman–Crippen MR) is 62.3 cm³/mol. The zero-order chi connectivity index (χ0) is 14.7. The normalized spacial score (nSPS) is 9.65. The van der Waals surface area contributed by atoms with E-state index < -0.39 is 23.2 Å². The molecule has 6 heteroatoms. The summed E-state index contributed by atoms with van der Waals surface area (Å²) < 4.78 is 45.4. The van der Waals surface area contributed by atoms with Crippen LogP contribution in [0, 0.1) is 40.1 Å². The van der Waals surface area contributed by atoms with Crippen molar-refractivity contribution in [2.24, 2.45) is 0 Å². The lowest BCUT2D eigenvalue weighted by molar-refractivity contribution is 0.405. The summed E-state index contributed by atoms with van der Waals surface area (Å²) >= 11 is 0. The van der Waals surface area contributed by atoms with E-state index in [1.54, 1.807) is 12.1 Å². The minimum absolute atomic E-state index is 0.163.